The Labute approximate surface area is 185 Å². The van der Waals surface area contributed by atoms with Gasteiger partial charge in [-0.05, 0) is 37.1 Å². The van der Waals surface area contributed by atoms with E-state index in [9.17, 15) is 9.59 Å². The van der Waals surface area contributed by atoms with Crippen LogP contribution in [0, 0.1) is 0 Å². The Morgan fingerprint density at radius 2 is 1.97 bits per heavy atom. The van der Waals surface area contributed by atoms with Crippen molar-refractivity contribution in [2.24, 2.45) is 10.7 Å². The number of benzene rings is 1. The van der Waals surface area contributed by atoms with Crippen LogP contribution < -0.4 is 11.1 Å². The van der Waals surface area contributed by atoms with E-state index in [0.717, 1.165) is 35.1 Å². The van der Waals surface area contributed by atoms with Crippen LogP contribution in [0.2, 0.25) is 0 Å². The number of nitrogens with zero attached hydrogens (tertiary/aromatic N) is 3. The monoisotopic (exact) mass is 431 g/mol. The maximum atomic E-state index is 12.8. The third kappa shape index (κ3) is 4.25. The van der Waals surface area contributed by atoms with Crippen LogP contribution in [-0.4, -0.2) is 54.1 Å². The predicted octanol–water partition coefficient (Wildman–Crippen LogP) is 2.76. The average Bonchev–Trinajstić information content (AvgIpc) is 3.32. The molecule has 1 amide bonds. The molecule has 8 heteroatoms. The van der Waals surface area contributed by atoms with E-state index in [1.54, 1.807) is 19.5 Å². The molecule has 2 aromatic heterocycles. The van der Waals surface area contributed by atoms with E-state index in [2.05, 4.69) is 15.3 Å². The number of aromatic nitrogens is 1. The van der Waals surface area contributed by atoms with Crippen LogP contribution in [0.3, 0.4) is 0 Å². The molecular weight excluding hydrogens is 406 g/mol. The van der Waals surface area contributed by atoms with Gasteiger partial charge in [0.2, 0.25) is 0 Å². The normalized spacial score (nSPS) is 15.7. The highest BCUT2D eigenvalue weighted by molar-refractivity contribution is 6.13. The highest BCUT2D eigenvalue weighted by Crippen LogP contribution is 2.27. The van der Waals surface area contributed by atoms with E-state index in [1.165, 1.54) is 6.20 Å². The second kappa shape index (κ2) is 9.47. The lowest BCUT2D eigenvalue weighted by Gasteiger charge is -2.34. The van der Waals surface area contributed by atoms with Crippen LogP contribution in [-0.2, 0) is 4.79 Å². The van der Waals surface area contributed by atoms with Crippen molar-refractivity contribution in [3.63, 3.8) is 0 Å². The van der Waals surface area contributed by atoms with Crippen molar-refractivity contribution in [3.05, 3.63) is 66.2 Å². The average molecular weight is 431 g/mol. The smallest absolute Gasteiger partial charge is 0.251 e. The highest BCUT2D eigenvalue weighted by Gasteiger charge is 2.24. The van der Waals surface area contributed by atoms with Crippen molar-refractivity contribution in [1.29, 1.82) is 0 Å². The molecule has 32 heavy (non-hydrogen) atoms. The number of amides is 1. The van der Waals surface area contributed by atoms with E-state index in [-0.39, 0.29) is 11.9 Å². The molecule has 0 spiro atoms. The SMILES string of the molecule is CN=C(C(C=O)=CN)N1CCC(NC(=O)c2ccc(-c3nccc4occc34)cc2)CC1. The summed E-state index contributed by atoms with van der Waals surface area (Å²) in [6, 6.07) is 11.2. The molecule has 1 saturated heterocycles. The zero-order valence-electron chi connectivity index (χ0n) is 17.8. The summed E-state index contributed by atoms with van der Waals surface area (Å²) in [5.74, 6) is 0.480. The zero-order chi connectivity index (χ0) is 22.5. The molecule has 3 heterocycles. The molecule has 164 valence electrons. The summed E-state index contributed by atoms with van der Waals surface area (Å²) in [5.41, 5.74) is 9.02. The van der Waals surface area contributed by atoms with Crippen molar-refractivity contribution in [2.75, 3.05) is 20.1 Å². The van der Waals surface area contributed by atoms with Crippen LogP contribution in [0.1, 0.15) is 23.2 Å². The number of hydrogen-bond acceptors (Lipinski definition) is 6. The third-order valence-corrected chi connectivity index (χ3v) is 5.71. The van der Waals surface area contributed by atoms with Crippen molar-refractivity contribution in [1.82, 2.24) is 15.2 Å². The number of hydrogen-bond donors (Lipinski definition) is 2. The molecule has 8 nitrogen and oxygen atoms in total. The maximum absolute atomic E-state index is 12.8. The molecule has 0 atom stereocenters. The molecule has 4 rings (SSSR count). The minimum atomic E-state index is -0.107. The fourth-order valence-corrected chi connectivity index (χ4v) is 4.03. The topological polar surface area (TPSA) is 114 Å². The van der Waals surface area contributed by atoms with Gasteiger partial charge in [-0.15, -0.1) is 0 Å². The Balaban J connectivity index is 1.38. The first kappa shape index (κ1) is 21.3. The van der Waals surface area contributed by atoms with Crippen LogP contribution in [0.5, 0.6) is 0 Å². The Morgan fingerprint density at radius 1 is 1.22 bits per heavy atom. The molecule has 1 fully saturated rings. The summed E-state index contributed by atoms with van der Waals surface area (Å²) in [7, 11) is 1.64. The minimum Gasteiger partial charge on any atom is -0.464 e. The largest absolute Gasteiger partial charge is 0.464 e. The Morgan fingerprint density at radius 3 is 2.62 bits per heavy atom. The van der Waals surface area contributed by atoms with E-state index in [4.69, 9.17) is 10.2 Å². The molecule has 1 aliphatic rings. The number of aliphatic imine (C=N–C) groups is 1. The van der Waals surface area contributed by atoms with Crippen molar-refractivity contribution in [3.8, 4) is 11.3 Å². The van der Waals surface area contributed by atoms with E-state index >= 15 is 0 Å². The second-order valence-corrected chi connectivity index (χ2v) is 7.59. The minimum absolute atomic E-state index is 0.0550. The number of carbonyl (C=O) groups excluding carboxylic acids is 2. The van der Waals surface area contributed by atoms with Gasteiger partial charge in [0.05, 0.1) is 17.5 Å². The predicted molar refractivity (Wildman–Crippen MR) is 123 cm³/mol. The first-order chi connectivity index (χ1) is 15.6. The molecule has 0 unspecified atom stereocenters. The van der Waals surface area contributed by atoms with Crippen LogP contribution in [0.25, 0.3) is 22.2 Å². The summed E-state index contributed by atoms with van der Waals surface area (Å²) < 4.78 is 5.44. The van der Waals surface area contributed by atoms with Gasteiger partial charge in [0, 0.05) is 55.1 Å². The fraction of sp³-hybridized carbons (Fsp3) is 0.250. The van der Waals surface area contributed by atoms with Gasteiger partial charge in [-0.2, -0.15) is 0 Å². The van der Waals surface area contributed by atoms with Crippen LogP contribution in [0.4, 0.5) is 0 Å². The van der Waals surface area contributed by atoms with Gasteiger partial charge in [0.15, 0.2) is 6.29 Å². The van der Waals surface area contributed by atoms with Gasteiger partial charge in [0.1, 0.15) is 11.4 Å². The van der Waals surface area contributed by atoms with Crippen molar-refractivity contribution < 1.29 is 14.0 Å². The number of rotatable bonds is 5. The number of carbonyl (C=O) groups is 2. The zero-order valence-corrected chi connectivity index (χ0v) is 17.8. The van der Waals surface area contributed by atoms with Gasteiger partial charge >= 0.3 is 0 Å². The van der Waals surface area contributed by atoms with Gasteiger partial charge in [-0.25, -0.2) is 0 Å². The number of nitrogens with two attached hydrogens (primary N) is 1. The molecule has 1 aromatic carbocycles. The van der Waals surface area contributed by atoms with E-state index < -0.39 is 0 Å². The Hall–Kier alpha value is -3.94. The van der Waals surface area contributed by atoms with E-state index in [1.807, 2.05) is 41.3 Å². The van der Waals surface area contributed by atoms with E-state index in [0.29, 0.717) is 36.3 Å². The molecular formula is C24H25N5O3. The first-order valence-electron chi connectivity index (χ1n) is 10.5. The first-order valence-corrected chi connectivity index (χ1v) is 10.5. The number of piperidine rings is 1. The highest BCUT2D eigenvalue weighted by atomic mass is 16.3. The second-order valence-electron chi connectivity index (χ2n) is 7.59. The van der Waals surface area contributed by atoms with Gasteiger partial charge in [-0.3, -0.25) is 19.6 Å². The molecule has 0 radical (unpaired) electrons. The lowest BCUT2D eigenvalue weighted by molar-refractivity contribution is -0.104. The third-order valence-electron chi connectivity index (χ3n) is 5.71. The van der Waals surface area contributed by atoms with Gasteiger partial charge in [-0.1, -0.05) is 12.1 Å². The number of amidine groups is 1. The quantitative estimate of drug-likeness (QED) is 0.278. The molecule has 3 N–H and O–H groups in total. The number of likely N-dealkylation sites (tertiary alicyclic amines) is 1. The fourth-order valence-electron chi connectivity index (χ4n) is 4.03. The van der Waals surface area contributed by atoms with Crippen molar-refractivity contribution >= 4 is 29.0 Å². The summed E-state index contributed by atoms with van der Waals surface area (Å²) in [4.78, 5) is 34.6. The summed E-state index contributed by atoms with van der Waals surface area (Å²) in [5, 5.41) is 4.05. The number of nitrogens with one attached hydrogen (secondary N) is 1. The van der Waals surface area contributed by atoms with Crippen LogP contribution >= 0.6 is 0 Å². The molecule has 3 aromatic rings. The van der Waals surface area contributed by atoms with Crippen molar-refractivity contribution in [2.45, 2.75) is 18.9 Å². The number of aldehydes is 1. The Kier molecular flexibility index (Phi) is 6.30. The molecule has 0 bridgehead atoms. The Bertz CT molecular complexity index is 1170. The van der Waals surface area contributed by atoms with Gasteiger partial charge < -0.3 is 20.4 Å². The van der Waals surface area contributed by atoms with Crippen LogP contribution in [0.15, 0.2) is 70.0 Å². The number of furan rings is 1. The molecule has 0 aliphatic carbocycles. The standard InChI is InChI=1S/C24H25N5O3/c1-26-23(18(14-25)15-30)29-11-7-19(8-12-29)28-24(31)17-4-2-16(3-5-17)22-20-9-13-32-21(20)6-10-27-22/h2-6,9-10,13-15,19H,7-8,11-12,25H2,1H3,(H,28,31). The maximum Gasteiger partial charge on any atom is 0.251 e. The summed E-state index contributed by atoms with van der Waals surface area (Å²) in [6.45, 7) is 1.37. The number of fused-ring (bicyclic) bond motifs is 1. The molecule has 1 aliphatic heterocycles. The lowest BCUT2D eigenvalue weighted by Crippen LogP contribution is -2.47. The summed E-state index contributed by atoms with van der Waals surface area (Å²) >= 11 is 0. The number of pyridine rings is 1. The molecule has 0 saturated carbocycles. The van der Waals surface area contributed by atoms with Gasteiger partial charge in [0.25, 0.3) is 5.91 Å². The lowest BCUT2D eigenvalue weighted by atomic mass is 10.0. The summed E-state index contributed by atoms with van der Waals surface area (Å²) in [6.07, 6.45) is 6.85.